The fourth-order valence-electron chi connectivity index (χ4n) is 4.09. The van der Waals surface area contributed by atoms with E-state index in [9.17, 15) is 4.79 Å². The molecule has 1 aliphatic rings. The SMILES string of the molecule is COc1cc2[nH]c(N(C)Cc3cccc(CC4=NCCN4C)c3)nc(=O)c2c(OC)c1OC. The van der Waals surface area contributed by atoms with Crippen LogP contribution < -0.4 is 24.7 Å². The number of likely N-dealkylation sites (N-methyl/N-ethyl adjacent to an activating group) is 1. The third kappa shape index (κ3) is 4.44. The van der Waals surface area contributed by atoms with Gasteiger partial charge in [-0.25, -0.2) is 0 Å². The molecular weight excluding hydrogens is 422 g/mol. The van der Waals surface area contributed by atoms with E-state index in [2.05, 4.69) is 45.1 Å². The van der Waals surface area contributed by atoms with Gasteiger partial charge in [-0.3, -0.25) is 9.79 Å². The molecule has 2 heterocycles. The van der Waals surface area contributed by atoms with Gasteiger partial charge in [0.2, 0.25) is 11.7 Å². The van der Waals surface area contributed by atoms with E-state index in [4.69, 9.17) is 14.2 Å². The fraction of sp³-hybridized carbons (Fsp3) is 0.375. The Morgan fingerprint density at radius 1 is 1.09 bits per heavy atom. The Morgan fingerprint density at radius 3 is 2.52 bits per heavy atom. The Labute approximate surface area is 192 Å². The van der Waals surface area contributed by atoms with Crippen molar-refractivity contribution >= 4 is 22.7 Å². The second-order valence-electron chi connectivity index (χ2n) is 8.01. The number of methoxy groups -OCH3 is 3. The molecular formula is C24H29N5O4. The molecule has 0 aliphatic carbocycles. The summed E-state index contributed by atoms with van der Waals surface area (Å²) >= 11 is 0. The Hall–Kier alpha value is -3.75. The molecule has 9 nitrogen and oxygen atoms in total. The molecule has 0 unspecified atom stereocenters. The number of ether oxygens (including phenoxy) is 3. The second-order valence-corrected chi connectivity index (χ2v) is 8.01. The van der Waals surface area contributed by atoms with Gasteiger partial charge in [0.05, 0.1) is 33.4 Å². The number of H-pyrrole nitrogens is 1. The molecule has 33 heavy (non-hydrogen) atoms. The van der Waals surface area contributed by atoms with Gasteiger partial charge in [0, 0.05) is 39.7 Å². The molecule has 0 amide bonds. The summed E-state index contributed by atoms with van der Waals surface area (Å²) in [6, 6.07) is 10.1. The molecule has 0 radical (unpaired) electrons. The van der Waals surface area contributed by atoms with Crippen molar-refractivity contribution in [3.63, 3.8) is 0 Å². The standard InChI is InChI=1S/C24H29N5O4/c1-28-10-9-25-19(28)12-15-7-6-8-16(11-15)14-29(2)24-26-17-13-18(31-3)21(32-4)22(33-5)20(17)23(30)27-24/h6-8,11,13H,9-10,12,14H2,1-5H3,(H,26,27,30). The highest BCUT2D eigenvalue weighted by molar-refractivity contribution is 5.90. The molecule has 0 bridgehead atoms. The van der Waals surface area contributed by atoms with Crippen molar-refractivity contribution in [2.24, 2.45) is 4.99 Å². The maximum atomic E-state index is 12.9. The predicted molar refractivity (Wildman–Crippen MR) is 129 cm³/mol. The minimum absolute atomic E-state index is 0.294. The van der Waals surface area contributed by atoms with Crippen LogP contribution in [0.3, 0.4) is 0 Å². The maximum absolute atomic E-state index is 12.9. The largest absolute Gasteiger partial charge is 0.493 e. The van der Waals surface area contributed by atoms with Crippen LogP contribution in [0.15, 0.2) is 40.1 Å². The van der Waals surface area contributed by atoms with Gasteiger partial charge in [0.15, 0.2) is 11.5 Å². The number of nitrogens with one attached hydrogen (secondary N) is 1. The van der Waals surface area contributed by atoms with Crippen LogP contribution >= 0.6 is 0 Å². The van der Waals surface area contributed by atoms with Crippen LogP contribution in [0.4, 0.5) is 5.95 Å². The van der Waals surface area contributed by atoms with Crippen molar-refractivity contribution in [1.29, 1.82) is 0 Å². The van der Waals surface area contributed by atoms with Gasteiger partial charge in [-0.1, -0.05) is 24.3 Å². The molecule has 1 aliphatic heterocycles. The lowest BCUT2D eigenvalue weighted by molar-refractivity contribution is 0.327. The molecule has 1 N–H and O–H groups in total. The minimum Gasteiger partial charge on any atom is -0.493 e. The first-order valence-electron chi connectivity index (χ1n) is 10.7. The van der Waals surface area contributed by atoms with Gasteiger partial charge in [-0.2, -0.15) is 4.98 Å². The molecule has 9 heteroatoms. The zero-order valence-corrected chi connectivity index (χ0v) is 19.6. The number of anilines is 1. The first-order valence-corrected chi connectivity index (χ1v) is 10.7. The molecule has 0 fully saturated rings. The van der Waals surface area contributed by atoms with Gasteiger partial charge in [0.1, 0.15) is 11.2 Å². The van der Waals surface area contributed by atoms with Crippen molar-refractivity contribution in [2.45, 2.75) is 13.0 Å². The smallest absolute Gasteiger partial charge is 0.286 e. The molecule has 3 aromatic rings. The number of hydrogen-bond acceptors (Lipinski definition) is 8. The number of aromatic amines is 1. The third-order valence-electron chi connectivity index (χ3n) is 5.80. The quantitative estimate of drug-likeness (QED) is 0.562. The molecule has 4 rings (SSSR count). The van der Waals surface area contributed by atoms with E-state index in [0.717, 1.165) is 30.9 Å². The van der Waals surface area contributed by atoms with Crippen molar-refractivity contribution < 1.29 is 14.2 Å². The summed E-state index contributed by atoms with van der Waals surface area (Å²) in [6.07, 6.45) is 0.806. The highest BCUT2D eigenvalue weighted by Crippen LogP contribution is 2.41. The molecule has 174 valence electrons. The lowest BCUT2D eigenvalue weighted by Gasteiger charge is -2.20. The second kappa shape index (κ2) is 9.40. The zero-order chi connectivity index (χ0) is 23.5. The van der Waals surface area contributed by atoms with Crippen molar-refractivity contribution in [3.05, 3.63) is 51.8 Å². The number of amidine groups is 1. The Bertz CT molecular complexity index is 1250. The first-order chi connectivity index (χ1) is 15.9. The maximum Gasteiger partial charge on any atom is 0.286 e. The van der Waals surface area contributed by atoms with Crippen LogP contribution in [0.25, 0.3) is 10.9 Å². The molecule has 0 saturated heterocycles. The lowest BCUT2D eigenvalue weighted by atomic mass is 10.1. The summed E-state index contributed by atoms with van der Waals surface area (Å²) in [5.74, 6) is 2.67. The highest BCUT2D eigenvalue weighted by Gasteiger charge is 2.21. The number of aromatic nitrogens is 2. The van der Waals surface area contributed by atoms with Crippen LogP contribution in [-0.2, 0) is 13.0 Å². The molecule has 0 spiro atoms. The van der Waals surface area contributed by atoms with E-state index in [1.807, 2.05) is 18.0 Å². The number of hydrogen-bond donors (Lipinski definition) is 1. The van der Waals surface area contributed by atoms with E-state index in [1.165, 1.54) is 26.9 Å². The summed E-state index contributed by atoms with van der Waals surface area (Å²) in [7, 11) is 8.49. The normalized spacial score (nSPS) is 13.2. The predicted octanol–water partition coefficient (Wildman–Crippen LogP) is 2.47. The van der Waals surface area contributed by atoms with E-state index >= 15 is 0 Å². The molecule has 2 aromatic carbocycles. The number of nitrogens with zero attached hydrogens (tertiary/aromatic N) is 4. The molecule has 0 saturated carbocycles. The minimum atomic E-state index is -0.403. The lowest BCUT2D eigenvalue weighted by Crippen LogP contribution is -2.24. The zero-order valence-electron chi connectivity index (χ0n) is 19.6. The fourth-order valence-corrected chi connectivity index (χ4v) is 4.09. The van der Waals surface area contributed by atoms with Crippen molar-refractivity contribution in [2.75, 3.05) is 53.4 Å². The van der Waals surface area contributed by atoms with Crippen molar-refractivity contribution in [1.82, 2.24) is 14.9 Å². The Kier molecular flexibility index (Phi) is 6.39. The van der Waals surface area contributed by atoms with E-state index in [0.29, 0.717) is 40.6 Å². The summed E-state index contributed by atoms with van der Waals surface area (Å²) in [6.45, 7) is 2.41. The highest BCUT2D eigenvalue weighted by atomic mass is 16.5. The molecule has 0 atom stereocenters. The van der Waals surface area contributed by atoms with Gasteiger partial charge in [-0.15, -0.1) is 0 Å². The van der Waals surface area contributed by atoms with E-state index < -0.39 is 5.56 Å². The number of aliphatic imine (C=N–C) groups is 1. The van der Waals surface area contributed by atoms with Gasteiger partial charge in [0.25, 0.3) is 5.56 Å². The Morgan fingerprint density at radius 2 is 1.85 bits per heavy atom. The first kappa shape index (κ1) is 22.4. The average Bonchev–Trinajstić information content (AvgIpc) is 3.21. The topological polar surface area (TPSA) is 92.3 Å². The molecule has 1 aromatic heterocycles. The summed E-state index contributed by atoms with van der Waals surface area (Å²) < 4.78 is 16.3. The summed E-state index contributed by atoms with van der Waals surface area (Å²) in [4.78, 5) is 29.1. The number of benzene rings is 2. The third-order valence-corrected chi connectivity index (χ3v) is 5.80. The van der Waals surface area contributed by atoms with Crippen LogP contribution in [-0.4, -0.2) is 69.2 Å². The van der Waals surface area contributed by atoms with Gasteiger partial charge in [-0.05, 0) is 11.1 Å². The van der Waals surface area contributed by atoms with Gasteiger partial charge < -0.3 is 29.0 Å². The van der Waals surface area contributed by atoms with Gasteiger partial charge >= 0.3 is 0 Å². The monoisotopic (exact) mass is 451 g/mol. The average molecular weight is 452 g/mol. The van der Waals surface area contributed by atoms with Crippen LogP contribution in [0, 0.1) is 0 Å². The van der Waals surface area contributed by atoms with Crippen LogP contribution in [0.1, 0.15) is 11.1 Å². The van der Waals surface area contributed by atoms with E-state index in [1.54, 1.807) is 6.07 Å². The summed E-state index contributed by atoms with van der Waals surface area (Å²) in [5, 5.41) is 0.316. The van der Waals surface area contributed by atoms with Crippen molar-refractivity contribution in [3.8, 4) is 17.2 Å². The van der Waals surface area contributed by atoms with Crippen LogP contribution in [0.5, 0.6) is 17.2 Å². The summed E-state index contributed by atoms with van der Waals surface area (Å²) in [5.41, 5.74) is 2.47. The Balaban J connectivity index is 1.63. The van der Waals surface area contributed by atoms with E-state index in [-0.39, 0.29) is 0 Å². The number of fused-ring (bicyclic) bond motifs is 1. The van der Waals surface area contributed by atoms with Crippen LogP contribution in [0.2, 0.25) is 0 Å². The number of rotatable bonds is 8.